The summed E-state index contributed by atoms with van der Waals surface area (Å²) in [5, 5.41) is 0. The zero-order chi connectivity index (χ0) is 17.8. The van der Waals surface area contributed by atoms with E-state index in [1.165, 1.54) is 63.5 Å². The summed E-state index contributed by atoms with van der Waals surface area (Å²) in [6.07, 6.45) is 13.9. The van der Waals surface area contributed by atoms with Gasteiger partial charge in [0.05, 0.1) is 4.90 Å². The third-order valence-electron chi connectivity index (χ3n) is 4.34. The second-order valence-electron chi connectivity index (χ2n) is 6.39. The van der Waals surface area contributed by atoms with Crippen molar-refractivity contribution < 1.29 is 17.8 Å². The van der Waals surface area contributed by atoms with E-state index in [1.807, 2.05) is 0 Å². The van der Waals surface area contributed by atoms with Crippen LogP contribution >= 0.6 is 0 Å². The first-order valence-electron chi connectivity index (χ1n) is 9.04. The summed E-state index contributed by atoms with van der Waals surface area (Å²) in [4.78, 5) is 10.9. The van der Waals surface area contributed by atoms with Crippen LogP contribution in [0.2, 0.25) is 0 Å². The largest absolute Gasteiger partial charge is 0.298 e. The Morgan fingerprint density at radius 3 is 1.96 bits per heavy atom. The molecule has 1 N–H and O–H groups in total. The summed E-state index contributed by atoms with van der Waals surface area (Å²) in [6.45, 7) is 2.23. The first kappa shape index (κ1) is 20.8. The van der Waals surface area contributed by atoms with Gasteiger partial charge in [0, 0.05) is 5.56 Å². The van der Waals surface area contributed by atoms with E-state index in [4.69, 9.17) is 4.55 Å². The highest BCUT2D eigenvalue weighted by Crippen LogP contribution is 2.18. The van der Waals surface area contributed by atoms with Crippen LogP contribution < -0.4 is 0 Å². The maximum Gasteiger partial charge on any atom is 0.294 e. The molecule has 0 spiro atoms. The third kappa shape index (κ3) is 8.06. The van der Waals surface area contributed by atoms with Crippen LogP contribution in [0.3, 0.4) is 0 Å². The van der Waals surface area contributed by atoms with Crippen molar-refractivity contribution in [3.05, 3.63) is 29.3 Å². The lowest BCUT2D eigenvalue weighted by Gasteiger charge is -2.07. The highest BCUT2D eigenvalue weighted by Gasteiger charge is 2.12. The fourth-order valence-electron chi connectivity index (χ4n) is 2.87. The zero-order valence-corrected chi connectivity index (χ0v) is 15.5. The molecule has 1 aromatic rings. The van der Waals surface area contributed by atoms with Crippen LogP contribution in [0.4, 0.5) is 0 Å². The third-order valence-corrected chi connectivity index (χ3v) is 5.19. The Kier molecular flexibility index (Phi) is 9.88. The zero-order valence-electron chi connectivity index (χ0n) is 14.7. The highest BCUT2D eigenvalue weighted by atomic mass is 32.2. The quantitative estimate of drug-likeness (QED) is 0.300. The molecule has 0 saturated carbocycles. The number of hydrogen-bond acceptors (Lipinski definition) is 3. The predicted molar refractivity (Wildman–Crippen MR) is 97.2 cm³/mol. The lowest BCUT2D eigenvalue weighted by atomic mass is 10.0. The first-order chi connectivity index (χ1) is 11.5. The van der Waals surface area contributed by atoms with Crippen molar-refractivity contribution in [3.63, 3.8) is 0 Å². The van der Waals surface area contributed by atoms with E-state index in [1.54, 1.807) is 6.07 Å². The number of unbranched alkanes of at least 4 members (excludes halogenated alkanes) is 9. The summed E-state index contributed by atoms with van der Waals surface area (Å²) < 4.78 is 31.2. The molecule has 0 aromatic heterocycles. The van der Waals surface area contributed by atoms with Gasteiger partial charge in [-0.25, -0.2) is 0 Å². The summed E-state index contributed by atoms with van der Waals surface area (Å²) in [6, 6.07) is 4.22. The van der Waals surface area contributed by atoms with E-state index >= 15 is 0 Å². The van der Waals surface area contributed by atoms with Gasteiger partial charge >= 0.3 is 0 Å². The Bertz CT molecular complexity index is 593. The van der Waals surface area contributed by atoms with Gasteiger partial charge in [-0.1, -0.05) is 70.8 Å². The number of carbonyl (C=O) groups excluding carboxylic acids is 1. The Morgan fingerprint density at radius 2 is 1.46 bits per heavy atom. The normalized spacial score (nSPS) is 11.6. The number of carbonyl (C=O) groups is 1. The van der Waals surface area contributed by atoms with E-state index in [9.17, 15) is 13.2 Å². The Morgan fingerprint density at radius 1 is 0.917 bits per heavy atom. The van der Waals surface area contributed by atoms with Crippen LogP contribution in [0, 0.1) is 0 Å². The molecule has 0 amide bonds. The van der Waals surface area contributed by atoms with Gasteiger partial charge in [0.1, 0.15) is 6.29 Å². The fraction of sp³-hybridized carbons (Fsp3) is 0.632. The van der Waals surface area contributed by atoms with E-state index < -0.39 is 10.1 Å². The number of hydrogen-bond donors (Lipinski definition) is 1. The minimum Gasteiger partial charge on any atom is -0.298 e. The molecule has 0 heterocycles. The van der Waals surface area contributed by atoms with Gasteiger partial charge in [-0.2, -0.15) is 8.42 Å². The number of benzene rings is 1. The maximum absolute atomic E-state index is 11.1. The highest BCUT2D eigenvalue weighted by molar-refractivity contribution is 7.85. The van der Waals surface area contributed by atoms with Crippen LogP contribution in [0.5, 0.6) is 0 Å². The van der Waals surface area contributed by atoms with E-state index in [2.05, 4.69) is 6.92 Å². The number of aryl methyl sites for hydroxylation is 1. The summed E-state index contributed by atoms with van der Waals surface area (Å²) in [7, 11) is -4.26. The molecule has 0 unspecified atom stereocenters. The molecule has 0 radical (unpaired) electrons. The predicted octanol–water partition coefficient (Wildman–Crippen LogP) is 5.21. The summed E-state index contributed by atoms with van der Waals surface area (Å²) >= 11 is 0. The fourth-order valence-corrected chi connectivity index (χ4v) is 3.39. The van der Waals surface area contributed by atoms with Gasteiger partial charge < -0.3 is 0 Å². The SMILES string of the molecule is CCCCCCCCCCCCc1ccc(S(=O)(=O)O)cc1C=O. The molecule has 0 fully saturated rings. The van der Waals surface area contributed by atoms with Crippen LogP contribution in [-0.2, 0) is 16.5 Å². The van der Waals surface area contributed by atoms with Crippen molar-refractivity contribution in [2.75, 3.05) is 0 Å². The van der Waals surface area contributed by atoms with Gasteiger partial charge in [0.2, 0.25) is 0 Å². The Balaban J connectivity index is 2.27. The molecule has 5 heteroatoms. The van der Waals surface area contributed by atoms with E-state index in [0.717, 1.165) is 24.8 Å². The van der Waals surface area contributed by atoms with Gasteiger partial charge in [0.25, 0.3) is 10.1 Å². The van der Waals surface area contributed by atoms with Gasteiger partial charge in [-0.15, -0.1) is 0 Å². The van der Waals surface area contributed by atoms with Gasteiger partial charge in [-0.05, 0) is 30.5 Å². The molecule has 0 bridgehead atoms. The minimum absolute atomic E-state index is 0.226. The Hall–Kier alpha value is -1.20. The molecule has 0 aliphatic carbocycles. The van der Waals surface area contributed by atoms with E-state index in [0.29, 0.717) is 11.8 Å². The van der Waals surface area contributed by atoms with Crippen molar-refractivity contribution in [3.8, 4) is 0 Å². The molecule has 0 aliphatic rings. The smallest absolute Gasteiger partial charge is 0.294 e. The number of rotatable bonds is 13. The monoisotopic (exact) mass is 354 g/mol. The number of aldehydes is 1. The van der Waals surface area contributed by atoms with Gasteiger partial charge in [-0.3, -0.25) is 9.35 Å². The Labute approximate surface area is 146 Å². The maximum atomic E-state index is 11.1. The molecule has 136 valence electrons. The molecule has 1 rings (SSSR count). The summed E-state index contributed by atoms with van der Waals surface area (Å²) in [5.74, 6) is 0. The molecule has 4 nitrogen and oxygen atoms in total. The van der Waals surface area contributed by atoms with Crippen molar-refractivity contribution >= 4 is 16.4 Å². The van der Waals surface area contributed by atoms with Crippen molar-refractivity contribution in [2.24, 2.45) is 0 Å². The standard InChI is InChI=1S/C19H30O4S/c1-2-3-4-5-6-7-8-9-10-11-12-17-13-14-19(24(21,22)23)15-18(17)16-20/h13-16H,2-12H2,1H3,(H,21,22,23). The lowest BCUT2D eigenvalue weighted by Crippen LogP contribution is -2.01. The van der Waals surface area contributed by atoms with Crippen molar-refractivity contribution in [1.82, 2.24) is 0 Å². The van der Waals surface area contributed by atoms with Crippen molar-refractivity contribution in [2.45, 2.75) is 82.4 Å². The van der Waals surface area contributed by atoms with Crippen LogP contribution in [0.15, 0.2) is 23.1 Å². The van der Waals surface area contributed by atoms with E-state index in [-0.39, 0.29) is 4.90 Å². The average molecular weight is 355 g/mol. The molecule has 0 atom stereocenters. The average Bonchev–Trinajstić information content (AvgIpc) is 2.55. The molecule has 24 heavy (non-hydrogen) atoms. The first-order valence-corrected chi connectivity index (χ1v) is 10.5. The topological polar surface area (TPSA) is 71.4 Å². The van der Waals surface area contributed by atoms with Gasteiger partial charge in [0.15, 0.2) is 0 Å². The molecular weight excluding hydrogens is 324 g/mol. The lowest BCUT2D eigenvalue weighted by molar-refractivity contribution is 0.112. The second-order valence-corrected chi connectivity index (χ2v) is 7.81. The van der Waals surface area contributed by atoms with Crippen LogP contribution in [0.1, 0.15) is 87.1 Å². The molecule has 1 aromatic carbocycles. The van der Waals surface area contributed by atoms with Crippen LogP contribution in [-0.4, -0.2) is 19.3 Å². The summed E-state index contributed by atoms with van der Waals surface area (Å²) in [5.41, 5.74) is 1.19. The second kappa shape index (κ2) is 11.4. The molecule has 0 aliphatic heterocycles. The van der Waals surface area contributed by atoms with Crippen LogP contribution in [0.25, 0.3) is 0 Å². The van der Waals surface area contributed by atoms with Crippen molar-refractivity contribution in [1.29, 1.82) is 0 Å². The minimum atomic E-state index is -4.26. The molecular formula is C19H30O4S. The molecule has 0 saturated heterocycles.